The van der Waals surface area contributed by atoms with Gasteiger partial charge < -0.3 is 14.1 Å². The molecule has 1 aliphatic carbocycles. The maximum Gasteiger partial charge on any atom is 0.133 e. The lowest BCUT2D eigenvalue weighted by molar-refractivity contribution is -0.0756. The summed E-state index contributed by atoms with van der Waals surface area (Å²) in [5, 5.41) is 13.5. The predicted molar refractivity (Wildman–Crippen MR) is 75.1 cm³/mol. The summed E-state index contributed by atoms with van der Waals surface area (Å²) in [4.78, 5) is 4.43. The first-order valence-electron chi connectivity index (χ1n) is 6.95. The molecule has 0 aromatic carbocycles. The van der Waals surface area contributed by atoms with Crippen LogP contribution in [0.25, 0.3) is 0 Å². The van der Waals surface area contributed by atoms with Crippen LogP contribution >= 0.6 is 0 Å². The molecule has 3 rings (SSSR count). The lowest BCUT2D eigenvalue weighted by atomic mass is 9.64. The number of nitrogens with one attached hydrogen (secondary N) is 1. The van der Waals surface area contributed by atoms with Gasteiger partial charge in [0.1, 0.15) is 17.6 Å². The van der Waals surface area contributed by atoms with Gasteiger partial charge in [-0.25, -0.2) is 4.98 Å². The predicted octanol–water partition coefficient (Wildman–Crippen LogP) is 1.85. The van der Waals surface area contributed by atoms with E-state index in [9.17, 15) is 5.11 Å². The Morgan fingerprint density at radius 1 is 1.55 bits per heavy atom. The van der Waals surface area contributed by atoms with E-state index < -0.39 is 0 Å². The van der Waals surface area contributed by atoms with Crippen LogP contribution in [0.3, 0.4) is 0 Å². The highest BCUT2D eigenvalue weighted by atomic mass is 16.3. The molecule has 0 radical (unpaired) electrons. The van der Waals surface area contributed by atoms with Crippen LogP contribution in [-0.4, -0.2) is 26.8 Å². The van der Waals surface area contributed by atoms with Crippen LogP contribution in [0.15, 0.2) is 35.2 Å². The summed E-state index contributed by atoms with van der Waals surface area (Å²) in [6.45, 7) is 4.16. The fourth-order valence-corrected chi connectivity index (χ4v) is 2.78. The highest BCUT2D eigenvalue weighted by Gasteiger charge is 2.48. The molecular weight excluding hydrogens is 254 g/mol. The second-order valence-electron chi connectivity index (χ2n) is 6.14. The lowest BCUT2D eigenvalue weighted by Gasteiger charge is -2.50. The van der Waals surface area contributed by atoms with Crippen molar-refractivity contribution in [1.82, 2.24) is 14.9 Å². The Kier molecular flexibility index (Phi) is 3.18. The summed E-state index contributed by atoms with van der Waals surface area (Å²) in [7, 11) is 1.97. The van der Waals surface area contributed by atoms with Crippen molar-refractivity contribution in [2.75, 3.05) is 0 Å². The largest absolute Gasteiger partial charge is 0.467 e. The SMILES string of the molecule is Cn1ccnc1C(NC1CC(O)C1(C)C)c1ccco1. The number of imidazole rings is 1. The summed E-state index contributed by atoms with van der Waals surface area (Å²) in [5.74, 6) is 1.76. The zero-order chi connectivity index (χ0) is 14.3. The molecule has 2 aromatic heterocycles. The average molecular weight is 275 g/mol. The molecule has 5 nitrogen and oxygen atoms in total. The fraction of sp³-hybridized carbons (Fsp3) is 0.533. The molecular formula is C15H21N3O2. The van der Waals surface area contributed by atoms with Gasteiger partial charge >= 0.3 is 0 Å². The first-order valence-corrected chi connectivity index (χ1v) is 6.95. The zero-order valence-electron chi connectivity index (χ0n) is 12.1. The summed E-state index contributed by atoms with van der Waals surface area (Å²) >= 11 is 0. The number of hydrogen-bond acceptors (Lipinski definition) is 4. The van der Waals surface area contributed by atoms with Crippen molar-refractivity contribution in [1.29, 1.82) is 0 Å². The van der Waals surface area contributed by atoms with Crippen LogP contribution in [0.1, 0.15) is 37.9 Å². The Labute approximate surface area is 118 Å². The second kappa shape index (κ2) is 4.75. The van der Waals surface area contributed by atoms with E-state index >= 15 is 0 Å². The number of aliphatic hydroxyl groups excluding tert-OH is 1. The third-order valence-corrected chi connectivity index (χ3v) is 4.53. The van der Waals surface area contributed by atoms with E-state index in [0.717, 1.165) is 18.0 Å². The molecule has 0 amide bonds. The first-order chi connectivity index (χ1) is 9.50. The number of aromatic nitrogens is 2. The van der Waals surface area contributed by atoms with E-state index in [1.807, 2.05) is 29.9 Å². The topological polar surface area (TPSA) is 63.2 Å². The Morgan fingerprint density at radius 2 is 2.35 bits per heavy atom. The smallest absolute Gasteiger partial charge is 0.133 e. The van der Waals surface area contributed by atoms with Gasteiger partial charge in [0.15, 0.2) is 0 Å². The van der Waals surface area contributed by atoms with E-state index in [1.54, 1.807) is 12.5 Å². The molecule has 0 bridgehead atoms. The van der Waals surface area contributed by atoms with Crippen molar-refractivity contribution in [3.8, 4) is 0 Å². The standard InChI is InChI=1S/C15H21N3O2/c1-15(2)11(9-12(15)19)17-13(10-5-4-8-20-10)14-16-6-7-18(14)3/h4-8,11-13,17,19H,9H2,1-3H3. The number of aryl methyl sites for hydroxylation is 1. The van der Waals surface area contributed by atoms with Gasteiger partial charge in [-0.1, -0.05) is 13.8 Å². The van der Waals surface area contributed by atoms with Crippen molar-refractivity contribution >= 4 is 0 Å². The quantitative estimate of drug-likeness (QED) is 0.894. The van der Waals surface area contributed by atoms with Gasteiger partial charge in [0.25, 0.3) is 0 Å². The first kappa shape index (κ1) is 13.4. The molecule has 1 saturated carbocycles. The second-order valence-corrected chi connectivity index (χ2v) is 6.14. The molecule has 2 aromatic rings. The molecule has 1 fully saturated rings. The Morgan fingerprint density at radius 3 is 2.85 bits per heavy atom. The molecule has 5 heteroatoms. The molecule has 0 aliphatic heterocycles. The monoisotopic (exact) mass is 275 g/mol. The van der Waals surface area contributed by atoms with E-state index in [4.69, 9.17) is 4.42 Å². The molecule has 108 valence electrons. The van der Waals surface area contributed by atoms with Crippen molar-refractivity contribution < 1.29 is 9.52 Å². The summed E-state index contributed by atoms with van der Waals surface area (Å²) < 4.78 is 7.55. The van der Waals surface area contributed by atoms with Crippen LogP contribution in [0.2, 0.25) is 0 Å². The lowest BCUT2D eigenvalue weighted by Crippen LogP contribution is -2.60. The number of aliphatic hydroxyl groups is 1. The molecule has 0 saturated heterocycles. The number of rotatable bonds is 4. The minimum absolute atomic E-state index is 0.0956. The third-order valence-electron chi connectivity index (χ3n) is 4.53. The average Bonchev–Trinajstić information content (AvgIpc) is 3.06. The molecule has 0 spiro atoms. The Balaban J connectivity index is 1.87. The fourth-order valence-electron chi connectivity index (χ4n) is 2.78. The zero-order valence-corrected chi connectivity index (χ0v) is 12.1. The number of furan rings is 1. The molecule has 20 heavy (non-hydrogen) atoms. The highest BCUT2D eigenvalue weighted by Crippen LogP contribution is 2.42. The maximum atomic E-state index is 9.89. The Hall–Kier alpha value is -1.59. The number of nitrogens with zero attached hydrogens (tertiary/aromatic N) is 2. The van der Waals surface area contributed by atoms with Gasteiger partial charge in [0.05, 0.1) is 12.4 Å². The maximum absolute atomic E-state index is 9.89. The van der Waals surface area contributed by atoms with Gasteiger partial charge in [0, 0.05) is 30.9 Å². The van der Waals surface area contributed by atoms with Crippen LogP contribution in [0.4, 0.5) is 0 Å². The Bertz CT molecular complexity index is 574. The van der Waals surface area contributed by atoms with Crippen molar-refractivity contribution in [2.45, 2.75) is 38.5 Å². The minimum Gasteiger partial charge on any atom is -0.467 e. The third kappa shape index (κ3) is 2.07. The van der Waals surface area contributed by atoms with Gasteiger partial charge in [-0.15, -0.1) is 0 Å². The molecule has 3 atom stereocenters. The highest BCUT2D eigenvalue weighted by molar-refractivity contribution is 5.18. The van der Waals surface area contributed by atoms with Gasteiger partial charge in [0.2, 0.25) is 0 Å². The van der Waals surface area contributed by atoms with Crippen LogP contribution in [0.5, 0.6) is 0 Å². The summed E-state index contributed by atoms with van der Waals surface area (Å²) in [5.41, 5.74) is -0.129. The molecule has 3 unspecified atom stereocenters. The van der Waals surface area contributed by atoms with E-state index in [-0.39, 0.29) is 23.6 Å². The van der Waals surface area contributed by atoms with Crippen LogP contribution in [-0.2, 0) is 7.05 Å². The summed E-state index contributed by atoms with van der Waals surface area (Å²) in [6.07, 6.45) is 5.89. The van der Waals surface area contributed by atoms with Gasteiger partial charge in [-0.3, -0.25) is 5.32 Å². The molecule has 2 N–H and O–H groups in total. The van der Waals surface area contributed by atoms with E-state index in [2.05, 4.69) is 24.1 Å². The number of hydrogen-bond donors (Lipinski definition) is 2. The van der Waals surface area contributed by atoms with E-state index in [1.165, 1.54) is 0 Å². The van der Waals surface area contributed by atoms with Crippen LogP contribution in [0, 0.1) is 5.41 Å². The van der Waals surface area contributed by atoms with E-state index in [0.29, 0.717) is 0 Å². The minimum atomic E-state index is -0.251. The molecule has 2 heterocycles. The van der Waals surface area contributed by atoms with Crippen LogP contribution < -0.4 is 5.32 Å². The van der Waals surface area contributed by atoms with Crippen molar-refractivity contribution in [3.05, 3.63) is 42.4 Å². The van der Waals surface area contributed by atoms with Gasteiger partial charge in [-0.2, -0.15) is 0 Å². The molecule has 1 aliphatic rings. The van der Waals surface area contributed by atoms with Gasteiger partial charge in [-0.05, 0) is 18.6 Å². The summed E-state index contributed by atoms with van der Waals surface area (Å²) in [6, 6.07) is 3.98. The van der Waals surface area contributed by atoms with Crippen molar-refractivity contribution in [3.63, 3.8) is 0 Å². The van der Waals surface area contributed by atoms with Crippen molar-refractivity contribution in [2.24, 2.45) is 12.5 Å². The normalized spacial score (nSPS) is 26.2.